The van der Waals surface area contributed by atoms with Gasteiger partial charge < -0.3 is 5.11 Å². The molecule has 0 unspecified atom stereocenters. The second-order valence-corrected chi connectivity index (χ2v) is 8.78. The van der Waals surface area contributed by atoms with Crippen LogP contribution in [-0.4, -0.2) is 20.7 Å². The van der Waals surface area contributed by atoms with E-state index in [1.54, 1.807) is 12.4 Å². The van der Waals surface area contributed by atoms with Crippen molar-refractivity contribution < 1.29 is 5.11 Å². The van der Waals surface area contributed by atoms with Crippen molar-refractivity contribution in [2.75, 3.05) is 0 Å². The number of nitrogens with zero attached hydrogens (tertiary/aromatic N) is 2. The predicted octanol–water partition coefficient (Wildman–Crippen LogP) is 6.73. The summed E-state index contributed by atoms with van der Waals surface area (Å²) in [6.07, 6.45) is 7.41. The quantitative estimate of drug-likeness (QED) is 0.398. The van der Waals surface area contributed by atoms with Gasteiger partial charge in [-0.25, -0.2) is 0 Å². The van der Waals surface area contributed by atoms with E-state index in [0.717, 1.165) is 38.7 Å². The Hall–Kier alpha value is -3.30. The van der Waals surface area contributed by atoms with Gasteiger partial charge in [0.25, 0.3) is 0 Å². The first-order valence-corrected chi connectivity index (χ1v) is 10.7. The third-order valence-electron chi connectivity index (χ3n) is 5.55. The molecule has 0 aliphatic rings. The van der Waals surface area contributed by atoms with Gasteiger partial charge in [0.05, 0.1) is 11.1 Å². The zero-order chi connectivity index (χ0) is 22.0. The Kier molecular flexibility index (Phi) is 5.71. The van der Waals surface area contributed by atoms with Crippen LogP contribution in [0.2, 0.25) is 0 Å². The van der Waals surface area contributed by atoms with E-state index in [2.05, 4.69) is 72.4 Å². The van der Waals surface area contributed by atoms with Gasteiger partial charge in [0, 0.05) is 29.5 Å². The molecular weight excluding hydrogens is 380 g/mol. The fourth-order valence-electron chi connectivity index (χ4n) is 3.88. The van der Waals surface area contributed by atoms with Crippen LogP contribution in [0.4, 0.5) is 0 Å². The number of hydrogen-bond acceptors (Lipinski definition) is 3. The average Bonchev–Trinajstić information content (AvgIpc) is 2.76. The highest BCUT2D eigenvalue weighted by Crippen LogP contribution is 2.34. The molecule has 156 valence electrons. The molecule has 4 aromatic rings. The molecule has 0 saturated carbocycles. The van der Waals surface area contributed by atoms with E-state index in [9.17, 15) is 5.11 Å². The lowest BCUT2D eigenvalue weighted by molar-refractivity contribution is 0.144. The molecule has 31 heavy (non-hydrogen) atoms. The van der Waals surface area contributed by atoms with Crippen LogP contribution in [-0.2, 0) is 0 Å². The number of aliphatic hydroxyl groups is 1. The number of fused-ring (bicyclic) bond motifs is 1. The topological polar surface area (TPSA) is 46.0 Å². The maximum absolute atomic E-state index is 10.8. The van der Waals surface area contributed by atoms with Gasteiger partial charge in [-0.2, -0.15) is 0 Å². The standard InChI is InChI=1S/C28H28N2O/c1-19(2)24-17-23-9-6-12-30-27(23)25(18-24)22-8-5-7-20(15-22)16-26(28(3,4)31)21-10-13-29-14-11-21/h5-19,31H,1-4H3/b26-16-. The van der Waals surface area contributed by atoms with Crippen molar-refractivity contribution in [3.8, 4) is 11.1 Å². The summed E-state index contributed by atoms with van der Waals surface area (Å²) in [6.45, 7) is 8.05. The molecule has 3 heteroatoms. The van der Waals surface area contributed by atoms with Crippen molar-refractivity contribution in [2.45, 2.75) is 39.2 Å². The van der Waals surface area contributed by atoms with Crippen molar-refractivity contribution in [2.24, 2.45) is 0 Å². The Morgan fingerprint density at radius 3 is 2.42 bits per heavy atom. The molecule has 1 N–H and O–H groups in total. The van der Waals surface area contributed by atoms with Crippen molar-refractivity contribution in [1.29, 1.82) is 0 Å². The number of aromatic nitrogens is 2. The van der Waals surface area contributed by atoms with E-state index in [1.165, 1.54) is 5.56 Å². The number of pyridine rings is 2. The largest absolute Gasteiger partial charge is 0.386 e. The summed E-state index contributed by atoms with van der Waals surface area (Å²) >= 11 is 0. The molecule has 0 aliphatic carbocycles. The third kappa shape index (κ3) is 4.57. The Bertz CT molecular complexity index is 1230. The molecule has 2 aromatic carbocycles. The predicted molar refractivity (Wildman–Crippen MR) is 130 cm³/mol. The molecule has 4 rings (SSSR count). The Labute approximate surface area is 184 Å². The zero-order valence-electron chi connectivity index (χ0n) is 18.5. The summed E-state index contributed by atoms with van der Waals surface area (Å²) in [5.74, 6) is 0.430. The number of benzene rings is 2. The third-order valence-corrected chi connectivity index (χ3v) is 5.55. The second-order valence-electron chi connectivity index (χ2n) is 8.78. The summed E-state index contributed by atoms with van der Waals surface area (Å²) in [5, 5.41) is 12.0. The molecule has 0 amide bonds. The maximum atomic E-state index is 10.8. The van der Waals surface area contributed by atoms with Crippen molar-refractivity contribution in [3.05, 3.63) is 95.9 Å². The van der Waals surface area contributed by atoms with Crippen LogP contribution in [0.15, 0.2) is 79.3 Å². The number of rotatable bonds is 5. The van der Waals surface area contributed by atoms with Crippen molar-refractivity contribution in [3.63, 3.8) is 0 Å². The van der Waals surface area contributed by atoms with Crippen LogP contribution in [0.5, 0.6) is 0 Å². The molecule has 0 saturated heterocycles. The van der Waals surface area contributed by atoms with Gasteiger partial charge in [0.2, 0.25) is 0 Å². The lowest BCUT2D eigenvalue weighted by atomic mass is 9.89. The molecule has 0 aliphatic heterocycles. The van der Waals surface area contributed by atoms with Crippen LogP contribution in [0.25, 0.3) is 33.7 Å². The molecule has 0 spiro atoms. The van der Waals surface area contributed by atoms with Gasteiger partial charge in [-0.15, -0.1) is 0 Å². The van der Waals surface area contributed by atoms with Crippen LogP contribution in [0.1, 0.15) is 50.3 Å². The molecule has 0 bridgehead atoms. The van der Waals surface area contributed by atoms with Gasteiger partial charge in [0.15, 0.2) is 0 Å². The minimum atomic E-state index is -0.983. The van der Waals surface area contributed by atoms with Gasteiger partial charge in [0.1, 0.15) is 0 Å². The van der Waals surface area contributed by atoms with Gasteiger partial charge in [-0.3, -0.25) is 9.97 Å². The number of hydrogen-bond donors (Lipinski definition) is 1. The summed E-state index contributed by atoms with van der Waals surface area (Å²) in [5.41, 5.74) is 6.41. The van der Waals surface area contributed by atoms with Crippen LogP contribution in [0, 0.1) is 0 Å². The molecule has 0 fully saturated rings. The average molecular weight is 409 g/mol. The highest BCUT2D eigenvalue weighted by molar-refractivity contribution is 5.95. The van der Waals surface area contributed by atoms with Gasteiger partial charge in [-0.1, -0.05) is 38.1 Å². The lowest BCUT2D eigenvalue weighted by Gasteiger charge is -2.22. The van der Waals surface area contributed by atoms with Crippen molar-refractivity contribution in [1.82, 2.24) is 9.97 Å². The van der Waals surface area contributed by atoms with Crippen LogP contribution in [0.3, 0.4) is 0 Å². The van der Waals surface area contributed by atoms with Crippen LogP contribution >= 0.6 is 0 Å². The Morgan fingerprint density at radius 2 is 1.71 bits per heavy atom. The Balaban J connectivity index is 1.87. The summed E-state index contributed by atoms with van der Waals surface area (Å²) < 4.78 is 0. The molecule has 2 heterocycles. The first-order valence-electron chi connectivity index (χ1n) is 10.7. The van der Waals surface area contributed by atoms with E-state index in [-0.39, 0.29) is 0 Å². The van der Waals surface area contributed by atoms with Gasteiger partial charge >= 0.3 is 0 Å². The lowest BCUT2D eigenvalue weighted by Crippen LogP contribution is -2.20. The molecule has 0 radical (unpaired) electrons. The van der Waals surface area contributed by atoms with E-state index in [0.29, 0.717) is 5.92 Å². The van der Waals surface area contributed by atoms with E-state index in [1.807, 2.05) is 38.2 Å². The monoisotopic (exact) mass is 408 g/mol. The fourth-order valence-corrected chi connectivity index (χ4v) is 3.88. The zero-order valence-corrected chi connectivity index (χ0v) is 18.5. The summed E-state index contributed by atoms with van der Waals surface area (Å²) in [4.78, 5) is 8.78. The molecular formula is C28H28N2O. The maximum Gasteiger partial charge on any atom is 0.0846 e. The minimum Gasteiger partial charge on any atom is -0.386 e. The van der Waals surface area contributed by atoms with E-state index >= 15 is 0 Å². The normalized spacial score (nSPS) is 12.5. The van der Waals surface area contributed by atoms with E-state index in [4.69, 9.17) is 0 Å². The van der Waals surface area contributed by atoms with Crippen molar-refractivity contribution >= 4 is 22.6 Å². The summed E-state index contributed by atoms with van der Waals surface area (Å²) in [6, 6.07) is 20.9. The second kappa shape index (κ2) is 8.44. The minimum absolute atomic E-state index is 0.430. The van der Waals surface area contributed by atoms with Gasteiger partial charge in [-0.05, 0) is 90.1 Å². The highest BCUT2D eigenvalue weighted by atomic mass is 16.3. The molecule has 2 aromatic heterocycles. The molecule has 3 nitrogen and oxygen atoms in total. The first-order chi connectivity index (χ1) is 14.8. The smallest absolute Gasteiger partial charge is 0.0846 e. The molecule has 0 atom stereocenters. The summed E-state index contributed by atoms with van der Waals surface area (Å²) in [7, 11) is 0. The van der Waals surface area contributed by atoms with Crippen LogP contribution < -0.4 is 0 Å². The highest BCUT2D eigenvalue weighted by Gasteiger charge is 2.21. The van der Waals surface area contributed by atoms with E-state index < -0.39 is 5.60 Å². The fraction of sp³-hybridized carbons (Fsp3) is 0.214. The SMILES string of the molecule is CC(C)c1cc(-c2cccc(/C=C(/c3ccncc3)C(C)(C)O)c2)c2ncccc2c1. The Morgan fingerprint density at radius 1 is 0.935 bits per heavy atom. The first kappa shape index (κ1) is 21.0.